The molecular weight excluding hydrogens is 296 g/mol. The second kappa shape index (κ2) is 8.42. The van der Waals surface area contributed by atoms with Crippen molar-refractivity contribution in [2.45, 2.75) is 25.5 Å². The summed E-state index contributed by atoms with van der Waals surface area (Å²) in [6.07, 6.45) is 5.94. The van der Waals surface area contributed by atoms with Gasteiger partial charge in [0.05, 0.1) is 25.9 Å². The van der Waals surface area contributed by atoms with E-state index in [0.29, 0.717) is 25.7 Å². The largest absolute Gasteiger partial charge is 0.376 e. The highest BCUT2D eigenvalue weighted by Crippen LogP contribution is 2.17. The first-order valence-corrected chi connectivity index (χ1v) is 8.45. The molecule has 1 aromatic heterocycles. The molecule has 3 rings (SSSR count). The van der Waals surface area contributed by atoms with Gasteiger partial charge in [0.25, 0.3) is 0 Å². The predicted octanol–water partition coefficient (Wildman–Crippen LogP) is 0.127. The SMILES string of the molecule is O=C(Cn1cccn1)NCC1CCN(CC2COCCO2)CC1. The molecule has 7 heteroatoms. The second-order valence-electron chi connectivity index (χ2n) is 6.32. The summed E-state index contributed by atoms with van der Waals surface area (Å²) in [5.74, 6) is 0.597. The molecule has 0 saturated carbocycles. The maximum atomic E-state index is 11.9. The molecule has 1 aromatic rings. The first-order chi connectivity index (χ1) is 11.3. The summed E-state index contributed by atoms with van der Waals surface area (Å²) in [5, 5.41) is 7.07. The zero-order valence-corrected chi connectivity index (χ0v) is 13.5. The Morgan fingerprint density at radius 2 is 2.17 bits per heavy atom. The lowest BCUT2D eigenvalue weighted by Gasteiger charge is -2.35. The number of hydrogen-bond acceptors (Lipinski definition) is 5. The maximum absolute atomic E-state index is 11.9. The molecule has 0 bridgehead atoms. The molecule has 2 aliphatic heterocycles. The van der Waals surface area contributed by atoms with E-state index in [1.165, 1.54) is 0 Å². The lowest BCUT2D eigenvalue weighted by atomic mass is 9.96. The van der Waals surface area contributed by atoms with Gasteiger partial charge in [0.15, 0.2) is 0 Å². The molecule has 0 radical (unpaired) electrons. The van der Waals surface area contributed by atoms with E-state index in [4.69, 9.17) is 9.47 Å². The Hall–Kier alpha value is -1.44. The zero-order valence-electron chi connectivity index (χ0n) is 13.5. The van der Waals surface area contributed by atoms with Crippen LogP contribution in [0.15, 0.2) is 18.5 Å². The first-order valence-electron chi connectivity index (χ1n) is 8.45. The van der Waals surface area contributed by atoms with Gasteiger partial charge in [0.1, 0.15) is 6.54 Å². The predicted molar refractivity (Wildman–Crippen MR) is 85.0 cm³/mol. The molecule has 7 nitrogen and oxygen atoms in total. The Morgan fingerprint density at radius 1 is 1.30 bits per heavy atom. The fourth-order valence-electron chi connectivity index (χ4n) is 3.16. The molecule has 1 atom stereocenters. The van der Waals surface area contributed by atoms with Crippen LogP contribution in [0.25, 0.3) is 0 Å². The van der Waals surface area contributed by atoms with Gasteiger partial charge in [-0.3, -0.25) is 9.48 Å². The van der Waals surface area contributed by atoms with Crippen LogP contribution < -0.4 is 5.32 Å². The first kappa shape index (κ1) is 16.4. The summed E-state index contributed by atoms with van der Waals surface area (Å²) >= 11 is 0. The number of carbonyl (C=O) groups excluding carboxylic acids is 1. The van der Waals surface area contributed by atoms with Crippen LogP contribution in [0.1, 0.15) is 12.8 Å². The minimum absolute atomic E-state index is 0.0314. The van der Waals surface area contributed by atoms with Crippen molar-refractivity contribution in [2.75, 3.05) is 46.0 Å². The van der Waals surface area contributed by atoms with E-state index >= 15 is 0 Å². The topological polar surface area (TPSA) is 68.6 Å². The van der Waals surface area contributed by atoms with E-state index < -0.39 is 0 Å². The molecule has 2 aliphatic rings. The Labute approximate surface area is 136 Å². The van der Waals surface area contributed by atoms with E-state index in [0.717, 1.165) is 45.6 Å². The van der Waals surface area contributed by atoms with Crippen LogP contribution in [0.2, 0.25) is 0 Å². The van der Waals surface area contributed by atoms with E-state index in [1.54, 1.807) is 17.1 Å². The van der Waals surface area contributed by atoms with Crippen LogP contribution in [-0.4, -0.2) is 72.7 Å². The molecule has 2 fully saturated rings. The van der Waals surface area contributed by atoms with Gasteiger partial charge in [-0.1, -0.05) is 0 Å². The van der Waals surface area contributed by atoms with Crippen molar-refractivity contribution in [2.24, 2.45) is 5.92 Å². The van der Waals surface area contributed by atoms with Crippen molar-refractivity contribution in [3.8, 4) is 0 Å². The highest BCUT2D eigenvalue weighted by molar-refractivity contribution is 5.75. The number of likely N-dealkylation sites (tertiary alicyclic amines) is 1. The van der Waals surface area contributed by atoms with Crippen molar-refractivity contribution < 1.29 is 14.3 Å². The van der Waals surface area contributed by atoms with Gasteiger partial charge < -0.3 is 19.7 Å². The van der Waals surface area contributed by atoms with Crippen molar-refractivity contribution >= 4 is 5.91 Å². The van der Waals surface area contributed by atoms with Crippen LogP contribution >= 0.6 is 0 Å². The molecule has 2 saturated heterocycles. The normalized spacial score (nSPS) is 23.7. The fourth-order valence-corrected chi connectivity index (χ4v) is 3.16. The van der Waals surface area contributed by atoms with Crippen LogP contribution in [0.4, 0.5) is 0 Å². The average Bonchev–Trinajstić information content (AvgIpc) is 3.08. The van der Waals surface area contributed by atoms with E-state index in [-0.39, 0.29) is 12.0 Å². The summed E-state index contributed by atoms with van der Waals surface area (Å²) < 4.78 is 12.8. The van der Waals surface area contributed by atoms with Gasteiger partial charge in [-0.05, 0) is 37.9 Å². The highest BCUT2D eigenvalue weighted by Gasteiger charge is 2.23. The zero-order chi connectivity index (χ0) is 15.9. The summed E-state index contributed by atoms with van der Waals surface area (Å²) in [4.78, 5) is 14.3. The number of hydrogen-bond donors (Lipinski definition) is 1. The van der Waals surface area contributed by atoms with Gasteiger partial charge in [-0.2, -0.15) is 5.10 Å². The number of carbonyl (C=O) groups is 1. The molecule has 1 N–H and O–H groups in total. The summed E-state index contributed by atoms with van der Waals surface area (Å²) in [6, 6.07) is 1.82. The number of ether oxygens (including phenoxy) is 2. The Morgan fingerprint density at radius 3 is 2.87 bits per heavy atom. The van der Waals surface area contributed by atoms with E-state index in [9.17, 15) is 4.79 Å². The summed E-state index contributed by atoms with van der Waals surface area (Å²) in [6.45, 7) is 6.29. The maximum Gasteiger partial charge on any atom is 0.241 e. The fraction of sp³-hybridized carbons (Fsp3) is 0.750. The third-order valence-electron chi connectivity index (χ3n) is 4.51. The van der Waals surface area contributed by atoms with Gasteiger partial charge in [0, 0.05) is 25.5 Å². The Bertz CT molecular complexity index is 466. The molecule has 0 aromatic carbocycles. The lowest BCUT2D eigenvalue weighted by Crippen LogP contribution is -2.45. The number of piperidine rings is 1. The van der Waals surface area contributed by atoms with Gasteiger partial charge in [-0.15, -0.1) is 0 Å². The molecule has 1 unspecified atom stereocenters. The van der Waals surface area contributed by atoms with Crippen molar-refractivity contribution in [1.82, 2.24) is 20.0 Å². The monoisotopic (exact) mass is 322 g/mol. The number of amides is 1. The molecule has 23 heavy (non-hydrogen) atoms. The molecular formula is C16H26N4O3. The van der Waals surface area contributed by atoms with Crippen LogP contribution in [-0.2, 0) is 20.8 Å². The third kappa shape index (κ3) is 5.30. The second-order valence-corrected chi connectivity index (χ2v) is 6.32. The minimum Gasteiger partial charge on any atom is -0.376 e. The summed E-state index contributed by atoms with van der Waals surface area (Å²) in [7, 11) is 0. The van der Waals surface area contributed by atoms with Crippen molar-refractivity contribution in [3.05, 3.63) is 18.5 Å². The Balaban J connectivity index is 1.30. The molecule has 0 spiro atoms. The van der Waals surface area contributed by atoms with Gasteiger partial charge in [0.2, 0.25) is 5.91 Å². The number of nitrogens with zero attached hydrogens (tertiary/aromatic N) is 3. The van der Waals surface area contributed by atoms with Crippen molar-refractivity contribution in [3.63, 3.8) is 0 Å². The third-order valence-corrected chi connectivity index (χ3v) is 4.51. The number of aromatic nitrogens is 2. The van der Waals surface area contributed by atoms with Crippen LogP contribution in [0.5, 0.6) is 0 Å². The number of rotatable bonds is 6. The Kier molecular flexibility index (Phi) is 6.01. The molecule has 3 heterocycles. The molecule has 0 aliphatic carbocycles. The number of nitrogens with one attached hydrogen (secondary N) is 1. The quantitative estimate of drug-likeness (QED) is 0.806. The van der Waals surface area contributed by atoms with Crippen LogP contribution in [0.3, 0.4) is 0 Å². The van der Waals surface area contributed by atoms with E-state index in [1.807, 2.05) is 6.07 Å². The van der Waals surface area contributed by atoms with Crippen LogP contribution in [0, 0.1) is 5.92 Å². The summed E-state index contributed by atoms with van der Waals surface area (Å²) in [5.41, 5.74) is 0. The molecule has 128 valence electrons. The highest BCUT2D eigenvalue weighted by atomic mass is 16.6. The van der Waals surface area contributed by atoms with Crippen molar-refractivity contribution in [1.29, 1.82) is 0 Å². The lowest BCUT2D eigenvalue weighted by molar-refractivity contribution is -0.122. The standard InChI is InChI=1S/C16H26N4O3/c21-16(12-20-5-1-4-18-20)17-10-14-2-6-19(7-3-14)11-15-13-22-8-9-23-15/h1,4-5,14-15H,2-3,6-13H2,(H,17,21). The van der Waals surface area contributed by atoms with E-state index in [2.05, 4.69) is 15.3 Å². The van der Waals surface area contributed by atoms with Gasteiger partial charge >= 0.3 is 0 Å². The smallest absolute Gasteiger partial charge is 0.241 e. The average molecular weight is 322 g/mol. The molecule has 1 amide bonds. The minimum atomic E-state index is 0.0314. The van der Waals surface area contributed by atoms with Gasteiger partial charge in [-0.25, -0.2) is 0 Å².